The van der Waals surface area contributed by atoms with E-state index in [1.807, 2.05) is 90.4 Å². The van der Waals surface area contributed by atoms with Crippen LogP contribution in [-0.2, 0) is 28.7 Å². The molecule has 0 bridgehead atoms. The zero-order valence-electron chi connectivity index (χ0n) is 31.6. The normalized spacial score (nSPS) is 18.0. The highest BCUT2D eigenvalue weighted by Crippen LogP contribution is 2.37. The smallest absolute Gasteiger partial charge is 0.306 e. The predicted octanol–water partition coefficient (Wildman–Crippen LogP) is 6.35. The maximum atomic E-state index is 14.0. The van der Waals surface area contributed by atoms with Crippen LogP contribution < -0.4 is 0 Å². The van der Waals surface area contributed by atoms with Gasteiger partial charge in [-0.25, -0.2) is 9.97 Å². The van der Waals surface area contributed by atoms with Gasteiger partial charge in [0.25, 0.3) is 0 Å². The van der Waals surface area contributed by atoms with E-state index in [0.29, 0.717) is 18.9 Å². The number of nitrogens with zero attached hydrogens (tertiary/aromatic N) is 4. The average Bonchev–Trinajstić information content (AvgIpc) is 4.03. The third-order valence-electron chi connectivity index (χ3n) is 10.9. The van der Waals surface area contributed by atoms with Crippen molar-refractivity contribution in [2.45, 2.75) is 70.4 Å². The fraction of sp³-hybridized carbons (Fsp3) is 0.395. The Kier molecular flexibility index (Phi) is 11.0. The van der Waals surface area contributed by atoms with Crippen LogP contribution in [0.4, 0.5) is 0 Å². The molecule has 12 nitrogen and oxygen atoms in total. The highest BCUT2D eigenvalue weighted by molar-refractivity contribution is 5.89. The van der Waals surface area contributed by atoms with Crippen molar-refractivity contribution in [3.63, 3.8) is 0 Å². The van der Waals surface area contributed by atoms with Gasteiger partial charge in [-0.1, -0.05) is 56.0 Å². The number of benzene rings is 3. The lowest BCUT2D eigenvalue weighted by molar-refractivity contribution is -0.148. The molecule has 0 unspecified atom stereocenters. The zero-order chi connectivity index (χ0) is 38.6. The minimum atomic E-state index is -0.642. The Morgan fingerprint density at radius 3 is 1.75 bits per heavy atom. The summed E-state index contributed by atoms with van der Waals surface area (Å²) in [6.07, 6.45) is 3.27. The molecule has 4 atom stereocenters. The first kappa shape index (κ1) is 37.4. The van der Waals surface area contributed by atoms with Crippen LogP contribution in [0.3, 0.4) is 0 Å². The summed E-state index contributed by atoms with van der Waals surface area (Å²) in [6.45, 7) is 5.11. The molecule has 2 aliphatic rings. The lowest BCUT2D eigenvalue weighted by atomic mass is 9.91. The molecular weight excluding hydrogens is 697 g/mol. The van der Waals surface area contributed by atoms with E-state index in [1.165, 1.54) is 14.2 Å². The van der Waals surface area contributed by atoms with Crippen LogP contribution >= 0.6 is 0 Å². The molecule has 2 N–H and O–H groups in total. The largest absolute Gasteiger partial charge is 0.469 e. The molecule has 2 aromatic heterocycles. The fourth-order valence-corrected chi connectivity index (χ4v) is 7.87. The van der Waals surface area contributed by atoms with E-state index in [0.717, 1.165) is 70.3 Å². The molecular formula is C43H46N6O6. The van der Waals surface area contributed by atoms with Gasteiger partial charge in [0.1, 0.15) is 11.6 Å². The van der Waals surface area contributed by atoms with E-state index in [1.54, 1.807) is 0 Å². The highest BCUT2D eigenvalue weighted by atomic mass is 16.5. The third-order valence-corrected chi connectivity index (χ3v) is 10.9. The molecule has 0 spiro atoms. The van der Waals surface area contributed by atoms with Crippen molar-refractivity contribution < 1.29 is 28.7 Å². The molecule has 2 fully saturated rings. The molecule has 284 valence electrons. The van der Waals surface area contributed by atoms with Gasteiger partial charge in [-0.2, -0.15) is 0 Å². The number of H-pyrrole nitrogens is 2. The first-order valence-corrected chi connectivity index (χ1v) is 18.9. The van der Waals surface area contributed by atoms with Crippen molar-refractivity contribution in [2.24, 2.45) is 11.8 Å². The molecule has 0 radical (unpaired) electrons. The second-order valence-corrected chi connectivity index (χ2v) is 14.7. The maximum absolute atomic E-state index is 14.0. The summed E-state index contributed by atoms with van der Waals surface area (Å²) in [5.41, 5.74) is 5.63. The number of imidazole rings is 2. The van der Waals surface area contributed by atoms with Crippen LogP contribution in [0.5, 0.6) is 0 Å². The Bertz CT molecular complexity index is 2280. The summed E-state index contributed by atoms with van der Waals surface area (Å²) in [5, 5.41) is 0. The number of ether oxygens (including phenoxy) is 2. The number of esters is 2. The second kappa shape index (κ2) is 16.2. The van der Waals surface area contributed by atoms with Crippen molar-refractivity contribution >= 4 is 45.8 Å². The van der Waals surface area contributed by atoms with E-state index in [4.69, 9.17) is 19.4 Å². The molecule has 7 rings (SSSR count). The van der Waals surface area contributed by atoms with Crippen molar-refractivity contribution in [2.75, 3.05) is 27.3 Å². The Labute approximate surface area is 320 Å². The van der Waals surface area contributed by atoms with Crippen LogP contribution in [-0.4, -0.2) is 80.8 Å². The average molecular weight is 743 g/mol. The third kappa shape index (κ3) is 7.97. The van der Waals surface area contributed by atoms with Gasteiger partial charge in [0.15, 0.2) is 0 Å². The summed E-state index contributed by atoms with van der Waals surface area (Å²) in [6, 6.07) is 20.6. The number of hydrogen-bond donors (Lipinski definition) is 2. The number of carbonyl (C=O) groups is 4. The van der Waals surface area contributed by atoms with Crippen molar-refractivity contribution in [1.82, 2.24) is 29.7 Å². The van der Waals surface area contributed by atoms with Gasteiger partial charge in [-0.15, -0.1) is 0 Å². The summed E-state index contributed by atoms with van der Waals surface area (Å²) in [4.78, 5) is 72.3. The topological polar surface area (TPSA) is 151 Å². The number of nitrogens with one attached hydrogen (secondary N) is 2. The SMILES string of the molecule is COC(=O)C[C@H](C(=O)N1CCC[C@H]1c1nc2ccc(C#Cc3ccc4nc([C@@H]5CCCN5C(=O)[C@H](CC(=O)OC)c5ccccc5)[nH]c4c3)cc2[nH]1)C(C)C. The predicted molar refractivity (Wildman–Crippen MR) is 206 cm³/mol. The Balaban J connectivity index is 1.07. The molecule has 3 aromatic carbocycles. The lowest BCUT2D eigenvalue weighted by Gasteiger charge is -2.29. The van der Waals surface area contributed by atoms with Crippen molar-refractivity contribution in [3.8, 4) is 11.8 Å². The van der Waals surface area contributed by atoms with E-state index in [2.05, 4.69) is 21.8 Å². The summed E-state index contributed by atoms with van der Waals surface area (Å²) < 4.78 is 9.80. The minimum Gasteiger partial charge on any atom is -0.469 e. The molecule has 5 aromatic rings. The number of amides is 2. The Hall–Kier alpha value is -5.96. The number of aromatic nitrogens is 4. The van der Waals surface area contributed by atoms with Crippen LogP contribution in [0.25, 0.3) is 22.1 Å². The first-order chi connectivity index (χ1) is 26.6. The number of fused-ring (bicyclic) bond motifs is 2. The molecule has 0 aliphatic carbocycles. The zero-order valence-corrected chi connectivity index (χ0v) is 31.6. The van der Waals surface area contributed by atoms with Gasteiger partial charge >= 0.3 is 11.9 Å². The highest BCUT2D eigenvalue weighted by Gasteiger charge is 2.39. The molecule has 4 heterocycles. The van der Waals surface area contributed by atoms with Gasteiger partial charge in [0, 0.05) is 24.2 Å². The molecule has 2 aliphatic heterocycles. The van der Waals surface area contributed by atoms with Crippen LogP contribution in [0.1, 0.15) is 98.7 Å². The van der Waals surface area contributed by atoms with Crippen LogP contribution in [0.2, 0.25) is 0 Å². The quantitative estimate of drug-likeness (QED) is 0.124. The van der Waals surface area contributed by atoms with Gasteiger partial charge in [-0.05, 0) is 73.6 Å². The van der Waals surface area contributed by atoms with E-state index >= 15 is 0 Å². The number of carbonyl (C=O) groups excluding carboxylic acids is 4. The van der Waals surface area contributed by atoms with Crippen LogP contribution in [0, 0.1) is 23.7 Å². The summed E-state index contributed by atoms with van der Waals surface area (Å²) >= 11 is 0. The van der Waals surface area contributed by atoms with Crippen LogP contribution in [0.15, 0.2) is 66.7 Å². The number of likely N-dealkylation sites (tertiary alicyclic amines) is 2. The van der Waals surface area contributed by atoms with Crippen molar-refractivity contribution in [3.05, 3.63) is 95.1 Å². The molecule has 2 saturated heterocycles. The maximum Gasteiger partial charge on any atom is 0.306 e. The molecule has 2 amide bonds. The standard InChI is InChI=1S/C43H46N6O6/c1-26(2)30(24-38(50)54-3)42(52)48-20-8-12-36(48)40-44-32-18-16-27(22-34(32)46-40)14-15-28-17-19-33-35(23-28)47-41(45-33)37-13-9-21-49(37)43(53)31(25-39(51)55-4)29-10-6-5-7-11-29/h5-7,10-11,16-19,22-23,26,30-31,36-37H,8-9,12-13,20-21,24-25H2,1-4H3,(H,44,46)(H,45,47)/t30-,31+,36-,37-/m0/s1. The summed E-state index contributed by atoms with van der Waals surface area (Å²) in [7, 11) is 2.68. The molecule has 55 heavy (non-hydrogen) atoms. The van der Waals surface area contributed by atoms with Gasteiger partial charge in [-0.3, -0.25) is 19.2 Å². The summed E-state index contributed by atoms with van der Waals surface area (Å²) in [5.74, 6) is 5.92. The molecule has 0 saturated carbocycles. The minimum absolute atomic E-state index is 0.00676. The van der Waals surface area contributed by atoms with Gasteiger partial charge < -0.3 is 29.2 Å². The van der Waals surface area contributed by atoms with Gasteiger partial charge in [0.05, 0.1) is 73.0 Å². The Morgan fingerprint density at radius 2 is 1.24 bits per heavy atom. The Morgan fingerprint density at radius 1 is 0.727 bits per heavy atom. The number of hydrogen-bond acceptors (Lipinski definition) is 8. The molecule has 12 heteroatoms. The van der Waals surface area contributed by atoms with E-state index in [-0.39, 0.29) is 48.6 Å². The first-order valence-electron chi connectivity index (χ1n) is 18.9. The number of rotatable bonds is 10. The number of methoxy groups -OCH3 is 2. The van der Waals surface area contributed by atoms with Gasteiger partial charge in [0.2, 0.25) is 11.8 Å². The van der Waals surface area contributed by atoms with E-state index in [9.17, 15) is 19.2 Å². The second-order valence-electron chi connectivity index (χ2n) is 14.7. The number of aromatic amines is 2. The van der Waals surface area contributed by atoms with E-state index < -0.39 is 17.8 Å². The monoisotopic (exact) mass is 742 g/mol. The lowest BCUT2D eigenvalue weighted by Crippen LogP contribution is -2.39. The fourth-order valence-electron chi connectivity index (χ4n) is 7.87. The van der Waals surface area contributed by atoms with Crippen molar-refractivity contribution in [1.29, 1.82) is 0 Å².